The van der Waals surface area contributed by atoms with Crippen LogP contribution in [0.3, 0.4) is 0 Å². The maximum Gasteiger partial charge on any atom is 0.240 e. The third kappa shape index (κ3) is 2.47. The van der Waals surface area contributed by atoms with Crippen LogP contribution in [0.4, 0.5) is 0 Å². The number of aryl methyl sites for hydroxylation is 1. The van der Waals surface area contributed by atoms with Crippen molar-refractivity contribution in [3.05, 3.63) is 54.1 Å². The number of benzene rings is 2. The van der Waals surface area contributed by atoms with Crippen LogP contribution < -0.4 is 0 Å². The molecule has 0 spiro atoms. The third-order valence-corrected chi connectivity index (χ3v) is 6.56. The van der Waals surface area contributed by atoms with Crippen molar-refractivity contribution >= 4 is 28.6 Å². The number of para-hydroxylation sites is 1. The number of thioether (sulfide) groups is 1. The Morgan fingerprint density at radius 2 is 1.73 bits per heavy atom. The highest BCUT2D eigenvalue weighted by Gasteiger charge is 2.36. The fraction of sp³-hybridized carbons (Fsp3) is 0.318. The molecule has 2 aromatic carbocycles. The number of aromatic nitrogens is 1. The van der Waals surface area contributed by atoms with Crippen LogP contribution in [0.5, 0.6) is 0 Å². The maximum absolute atomic E-state index is 13.4. The van der Waals surface area contributed by atoms with Gasteiger partial charge in [0.05, 0.1) is 5.69 Å². The molecular formula is C22H24N2OS. The van der Waals surface area contributed by atoms with Crippen LogP contribution in [0.25, 0.3) is 22.2 Å². The average Bonchev–Trinajstić information content (AvgIpc) is 3.03. The summed E-state index contributed by atoms with van der Waals surface area (Å²) in [7, 11) is 0. The molecule has 1 unspecified atom stereocenters. The zero-order chi connectivity index (χ0) is 18.3. The Morgan fingerprint density at radius 3 is 2.46 bits per heavy atom. The van der Waals surface area contributed by atoms with Crippen molar-refractivity contribution < 1.29 is 4.79 Å². The number of fused-ring (bicyclic) bond motifs is 5. The molecule has 134 valence electrons. The smallest absolute Gasteiger partial charge is 0.240 e. The summed E-state index contributed by atoms with van der Waals surface area (Å²) >= 11 is 1.70. The highest BCUT2D eigenvalue weighted by atomic mass is 32.2. The Kier molecular flexibility index (Phi) is 4.53. The fourth-order valence-electron chi connectivity index (χ4n) is 4.04. The number of amides is 1. The normalized spacial score (nSPS) is 15.6. The molecule has 0 fully saturated rings. The van der Waals surface area contributed by atoms with Gasteiger partial charge >= 0.3 is 0 Å². The molecule has 0 saturated heterocycles. The molecule has 0 saturated carbocycles. The van der Waals surface area contributed by atoms with E-state index in [1.54, 1.807) is 11.8 Å². The highest BCUT2D eigenvalue weighted by Crippen LogP contribution is 2.53. The van der Waals surface area contributed by atoms with Crippen molar-refractivity contribution in [3.8, 4) is 11.3 Å². The van der Waals surface area contributed by atoms with E-state index >= 15 is 0 Å². The second kappa shape index (κ2) is 6.84. The number of carbonyl (C=O) groups excluding carboxylic acids is 1. The zero-order valence-corrected chi connectivity index (χ0v) is 16.3. The summed E-state index contributed by atoms with van der Waals surface area (Å²) in [5, 5.41) is 1.02. The van der Waals surface area contributed by atoms with Crippen molar-refractivity contribution in [1.82, 2.24) is 9.47 Å². The van der Waals surface area contributed by atoms with Crippen LogP contribution in [0, 0.1) is 0 Å². The van der Waals surface area contributed by atoms with Crippen LogP contribution >= 0.6 is 11.8 Å². The standard InChI is InChI=1S/C22H24N2OS/c1-4-23(5-2)22(25)21-19-15-11-7-9-13-17(15)24(6-3)20(19)16-12-8-10-14-18(16)26-21/h7-14,21H,4-6H2,1-3H3/i6-1. The Hall–Kier alpha value is -2.20. The van der Waals surface area contributed by atoms with Gasteiger partial charge in [-0.15, -0.1) is 11.8 Å². The summed E-state index contributed by atoms with van der Waals surface area (Å²) in [6.07, 6.45) is 0. The van der Waals surface area contributed by atoms with Crippen LogP contribution in [0.2, 0.25) is 0 Å². The topological polar surface area (TPSA) is 25.2 Å². The van der Waals surface area contributed by atoms with Gasteiger partial charge in [0.15, 0.2) is 0 Å². The second-order valence-electron chi connectivity index (χ2n) is 6.53. The summed E-state index contributed by atoms with van der Waals surface area (Å²) in [6.45, 7) is 8.67. The van der Waals surface area contributed by atoms with Gasteiger partial charge in [0.25, 0.3) is 0 Å². The van der Waals surface area contributed by atoms with E-state index in [9.17, 15) is 4.79 Å². The molecule has 1 aliphatic rings. The molecule has 4 rings (SSSR count). The quantitative estimate of drug-likeness (QED) is 0.625. The fourth-order valence-corrected chi connectivity index (χ4v) is 5.35. The van der Waals surface area contributed by atoms with Gasteiger partial charge in [-0.25, -0.2) is 0 Å². The van der Waals surface area contributed by atoms with E-state index in [1.807, 2.05) is 4.90 Å². The van der Waals surface area contributed by atoms with E-state index in [2.05, 4.69) is 73.9 Å². The van der Waals surface area contributed by atoms with E-state index in [1.165, 1.54) is 32.6 Å². The summed E-state index contributed by atoms with van der Waals surface area (Å²) in [4.78, 5) is 16.5. The molecule has 0 radical (unpaired) electrons. The Morgan fingerprint density at radius 1 is 1.04 bits per heavy atom. The molecule has 4 heteroatoms. The summed E-state index contributed by atoms with van der Waals surface area (Å²) in [5.74, 6) is 0.217. The second-order valence-corrected chi connectivity index (χ2v) is 7.68. The van der Waals surface area contributed by atoms with Crippen molar-refractivity contribution in [2.75, 3.05) is 13.1 Å². The molecule has 1 atom stereocenters. The number of nitrogens with zero attached hydrogens (tertiary/aromatic N) is 2. The number of rotatable bonds is 4. The minimum absolute atomic E-state index is 0.183. The minimum atomic E-state index is -0.183. The Bertz CT molecular complexity index is 971. The van der Waals surface area contributed by atoms with Gasteiger partial charge in [0.2, 0.25) is 5.91 Å². The Balaban J connectivity index is 2.03. The summed E-state index contributed by atoms with van der Waals surface area (Å²) < 4.78 is 2.37. The minimum Gasteiger partial charge on any atom is -0.342 e. The number of hydrogen-bond acceptors (Lipinski definition) is 2. The van der Waals surface area contributed by atoms with Gasteiger partial charge in [0, 0.05) is 46.6 Å². The molecule has 1 aliphatic heterocycles. The first-order chi connectivity index (χ1) is 12.7. The molecule has 0 bridgehead atoms. The molecule has 26 heavy (non-hydrogen) atoms. The van der Waals surface area contributed by atoms with Crippen molar-refractivity contribution in [2.24, 2.45) is 0 Å². The first-order valence-corrected chi connectivity index (χ1v) is 10.2. The van der Waals surface area contributed by atoms with Gasteiger partial charge in [0.1, 0.15) is 5.25 Å². The molecule has 2 heterocycles. The van der Waals surface area contributed by atoms with Gasteiger partial charge in [-0.3, -0.25) is 4.79 Å². The first-order valence-electron chi connectivity index (χ1n) is 9.37. The van der Waals surface area contributed by atoms with Gasteiger partial charge in [-0.05, 0) is 32.9 Å². The molecule has 1 aromatic heterocycles. The zero-order valence-electron chi connectivity index (χ0n) is 15.5. The first kappa shape index (κ1) is 17.2. The predicted molar refractivity (Wildman–Crippen MR) is 110 cm³/mol. The molecular weight excluding hydrogens is 339 g/mol. The summed E-state index contributed by atoms with van der Waals surface area (Å²) in [5.41, 5.74) is 4.86. The van der Waals surface area contributed by atoms with E-state index < -0.39 is 0 Å². The van der Waals surface area contributed by atoms with E-state index in [4.69, 9.17) is 0 Å². The van der Waals surface area contributed by atoms with Crippen molar-refractivity contribution in [3.63, 3.8) is 0 Å². The van der Waals surface area contributed by atoms with Crippen molar-refractivity contribution in [2.45, 2.75) is 37.5 Å². The number of hydrogen-bond donors (Lipinski definition) is 0. The van der Waals surface area contributed by atoms with Gasteiger partial charge in [-0.2, -0.15) is 0 Å². The average molecular weight is 364 g/mol. The van der Waals surface area contributed by atoms with Crippen LogP contribution in [-0.4, -0.2) is 28.5 Å². The van der Waals surface area contributed by atoms with Crippen LogP contribution in [0.15, 0.2) is 53.4 Å². The molecule has 1 amide bonds. The molecule has 3 aromatic rings. The van der Waals surface area contributed by atoms with Gasteiger partial charge < -0.3 is 9.47 Å². The molecule has 0 aliphatic carbocycles. The maximum atomic E-state index is 13.4. The number of carbonyl (C=O) groups is 1. The molecule has 0 N–H and O–H groups in total. The highest BCUT2D eigenvalue weighted by molar-refractivity contribution is 8.00. The van der Waals surface area contributed by atoms with E-state index in [0.717, 1.165) is 19.6 Å². The SMILES string of the molecule is CCN(CC)C(=O)C1Sc2ccccc2-c2c1c1ccccc1n2[11CH2]C. The van der Waals surface area contributed by atoms with E-state index in [-0.39, 0.29) is 11.2 Å². The Labute approximate surface area is 159 Å². The largest absolute Gasteiger partial charge is 0.342 e. The van der Waals surface area contributed by atoms with Crippen LogP contribution in [0.1, 0.15) is 31.6 Å². The summed E-state index contributed by atoms with van der Waals surface area (Å²) in [6, 6.07) is 17.0. The lowest BCUT2D eigenvalue weighted by Crippen LogP contribution is -2.34. The number of likely N-dealkylation sites (N-methyl/N-ethyl adjacent to an activating group) is 1. The lowest BCUT2D eigenvalue weighted by atomic mass is 9.99. The molecule has 3 nitrogen and oxygen atoms in total. The van der Waals surface area contributed by atoms with Crippen LogP contribution in [-0.2, 0) is 11.3 Å². The third-order valence-electron chi connectivity index (χ3n) is 5.27. The lowest BCUT2D eigenvalue weighted by molar-refractivity contribution is -0.130. The predicted octanol–water partition coefficient (Wildman–Crippen LogP) is 5.34. The van der Waals surface area contributed by atoms with Crippen molar-refractivity contribution in [1.29, 1.82) is 0 Å². The monoisotopic (exact) mass is 363 g/mol. The van der Waals surface area contributed by atoms with Gasteiger partial charge in [-0.1, -0.05) is 36.4 Å². The lowest BCUT2D eigenvalue weighted by Gasteiger charge is -2.29. The van der Waals surface area contributed by atoms with E-state index in [0.29, 0.717) is 0 Å².